The minimum absolute atomic E-state index is 0.00718. The van der Waals surface area contributed by atoms with Gasteiger partial charge in [-0.15, -0.1) is 4.40 Å². The van der Waals surface area contributed by atoms with Crippen molar-refractivity contribution in [3.63, 3.8) is 0 Å². The lowest BCUT2D eigenvalue weighted by atomic mass is 10.1. The SMILES string of the molecule is CCCCCCCCCOc1ccc(C=C2SC(=NS(=O)(=O)c3ccc(Cl)cc3)N(CC)C2=O)cc1OC. The van der Waals surface area contributed by atoms with Crippen molar-refractivity contribution in [2.24, 2.45) is 4.40 Å². The highest BCUT2D eigenvalue weighted by Crippen LogP contribution is 2.35. The van der Waals surface area contributed by atoms with E-state index in [0.717, 1.165) is 30.2 Å². The molecule has 1 heterocycles. The summed E-state index contributed by atoms with van der Waals surface area (Å²) in [5.74, 6) is 0.919. The number of carbonyl (C=O) groups is 1. The summed E-state index contributed by atoms with van der Waals surface area (Å²) in [5, 5.41) is 0.535. The van der Waals surface area contributed by atoms with Crippen molar-refractivity contribution >= 4 is 50.5 Å². The molecule has 0 aliphatic carbocycles. The van der Waals surface area contributed by atoms with Gasteiger partial charge in [-0.25, -0.2) is 0 Å². The standard InChI is InChI=1S/C28H35ClN2O5S2/c1-4-6-7-8-9-10-11-18-36-24-17-12-21(19-25(24)35-3)20-26-27(32)31(5-2)28(37-26)30-38(33,34)23-15-13-22(29)14-16-23/h12-17,19-20H,4-11,18H2,1-3H3. The van der Waals surface area contributed by atoms with Crippen molar-refractivity contribution in [1.29, 1.82) is 0 Å². The Labute approximate surface area is 235 Å². The smallest absolute Gasteiger partial charge is 0.284 e. The number of thioether (sulfide) groups is 1. The predicted octanol–water partition coefficient (Wildman–Crippen LogP) is 7.16. The number of amidine groups is 1. The van der Waals surface area contributed by atoms with Crippen molar-refractivity contribution < 1.29 is 22.7 Å². The highest BCUT2D eigenvalue weighted by Gasteiger charge is 2.34. The largest absolute Gasteiger partial charge is 0.493 e. The number of nitrogens with zero attached hydrogens (tertiary/aromatic N) is 2. The molecular formula is C28H35ClN2O5S2. The molecule has 10 heteroatoms. The van der Waals surface area contributed by atoms with E-state index in [0.29, 0.717) is 28.0 Å². The first-order valence-electron chi connectivity index (χ1n) is 12.9. The molecule has 0 bridgehead atoms. The Hall–Kier alpha value is -2.49. The van der Waals surface area contributed by atoms with E-state index < -0.39 is 10.0 Å². The quantitative estimate of drug-likeness (QED) is 0.175. The van der Waals surface area contributed by atoms with Crippen LogP contribution in [0.5, 0.6) is 11.5 Å². The van der Waals surface area contributed by atoms with Gasteiger partial charge in [-0.2, -0.15) is 8.42 Å². The Kier molecular flexibility index (Phi) is 11.6. The lowest BCUT2D eigenvalue weighted by Crippen LogP contribution is -2.29. The van der Waals surface area contributed by atoms with Crippen molar-refractivity contribution in [3.05, 3.63) is 58.0 Å². The summed E-state index contributed by atoms with van der Waals surface area (Å²) in [6, 6.07) is 11.2. The van der Waals surface area contributed by atoms with Crippen LogP contribution in [0.1, 0.15) is 64.4 Å². The maximum atomic E-state index is 13.0. The van der Waals surface area contributed by atoms with E-state index in [1.54, 1.807) is 26.2 Å². The van der Waals surface area contributed by atoms with Gasteiger partial charge in [0, 0.05) is 11.6 Å². The van der Waals surface area contributed by atoms with Gasteiger partial charge in [-0.3, -0.25) is 9.69 Å². The summed E-state index contributed by atoms with van der Waals surface area (Å²) < 4.78 is 41.0. The number of methoxy groups -OCH3 is 1. The highest BCUT2D eigenvalue weighted by molar-refractivity contribution is 8.19. The topological polar surface area (TPSA) is 85.3 Å². The Bertz CT molecular complexity index is 1260. The lowest BCUT2D eigenvalue weighted by molar-refractivity contribution is -0.122. The van der Waals surface area contributed by atoms with Crippen molar-refractivity contribution in [2.45, 2.75) is 63.7 Å². The fraction of sp³-hybridized carbons (Fsp3) is 0.429. The molecule has 0 aromatic heterocycles. The molecule has 2 aromatic carbocycles. The Morgan fingerprint density at radius 2 is 1.66 bits per heavy atom. The van der Waals surface area contributed by atoms with Gasteiger partial charge in [0.15, 0.2) is 16.7 Å². The normalized spacial score (nSPS) is 16.0. The van der Waals surface area contributed by atoms with Gasteiger partial charge in [0.2, 0.25) is 0 Å². The Balaban J connectivity index is 1.69. The fourth-order valence-electron chi connectivity index (χ4n) is 3.90. The van der Waals surface area contributed by atoms with Gasteiger partial charge in [0.25, 0.3) is 15.9 Å². The first-order chi connectivity index (χ1) is 18.3. The monoisotopic (exact) mass is 578 g/mol. The van der Waals surface area contributed by atoms with E-state index in [2.05, 4.69) is 11.3 Å². The highest BCUT2D eigenvalue weighted by atomic mass is 35.5. The van der Waals surface area contributed by atoms with E-state index in [4.69, 9.17) is 21.1 Å². The molecule has 7 nitrogen and oxygen atoms in total. The number of halogens is 1. The Morgan fingerprint density at radius 1 is 0.974 bits per heavy atom. The van der Waals surface area contributed by atoms with E-state index >= 15 is 0 Å². The number of likely N-dealkylation sites (N-methyl/N-ethyl adjacent to an activating group) is 1. The number of benzene rings is 2. The number of sulfonamides is 1. The van der Waals surface area contributed by atoms with Crippen LogP contribution in [0.2, 0.25) is 5.02 Å². The maximum absolute atomic E-state index is 13.0. The molecule has 206 valence electrons. The van der Waals surface area contributed by atoms with Crippen LogP contribution >= 0.6 is 23.4 Å². The molecule has 1 fully saturated rings. The summed E-state index contributed by atoms with van der Waals surface area (Å²) in [7, 11) is -2.43. The lowest BCUT2D eigenvalue weighted by Gasteiger charge is -2.12. The van der Waals surface area contributed by atoms with Gasteiger partial charge in [-0.1, -0.05) is 63.1 Å². The molecular weight excluding hydrogens is 544 g/mol. The number of unbranched alkanes of at least 4 members (excludes halogenated alkanes) is 6. The third-order valence-corrected chi connectivity index (χ3v) is 8.66. The molecule has 0 spiro atoms. The van der Waals surface area contributed by atoms with E-state index in [-0.39, 0.29) is 22.5 Å². The summed E-state index contributed by atoms with van der Waals surface area (Å²) in [6.45, 7) is 4.89. The van der Waals surface area contributed by atoms with E-state index in [1.165, 1.54) is 61.3 Å². The summed E-state index contributed by atoms with van der Waals surface area (Å²) in [5.41, 5.74) is 0.735. The second-order valence-electron chi connectivity index (χ2n) is 8.84. The molecule has 1 aliphatic rings. The minimum atomic E-state index is -4.01. The van der Waals surface area contributed by atoms with Crippen LogP contribution in [-0.2, 0) is 14.8 Å². The van der Waals surface area contributed by atoms with Gasteiger partial charge < -0.3 is 9.47 Å². The number of rotatable bonds is 14. The van der Waals surface area contributed by atoms with Gasteiger partial charge >= 0.3 is 0 Å². The summed E-state index contributed by atoms with van der Waals surface area (Å²) in [6.07, 6.45) is 10.2. The summed E-state index contributed by atoms with van der Waals surface area (Å²) >= 11 is 6.89. The van der Waals surface area contributed by atoms with Crippen LogP contribution in [0, 0.1) is 0 Å². The predicted molar refractivity (Wildman–Crippen MR) is 156 cm³/mol. The van der Waals surface area contributed by atoms with Crippen LogP contribution in [0.25, 0.3) is 6.08 Å². The van der Waals surface area contributed by atoms with E-state index in [1.807, 2.05) is 12.1 Å². The van der Waals surface area contributed by atoms with Crippen LogP contribution in [0.3, 0.4) is 0 Å². The van der Waals surface area contributed by atoms with Crippen LogP contribution in [-0.4, -0.2) is 44.7 Å². The molecule has 1 amide bonds. The molecule has 2 aromatic rings. The van der Waals surface area contributed by atoms with Crippen molar-refractivity contribution in [3.8, 4) is 11.5 Å². The molecule has 0 unspecified atom stereocenters. The second-order valence-corrected chi connectivity index (χ2v) is 11.9. The summed E-state index contributed by atoms with van der Waals surface area (Å²) in [4.78, 5) is 14.7. The van der Waals surface area contributed by atoms with Gasteiger partial charge in [0.1, 0.15) is 0 Å². The van der Waals surface area contributed by atoms with Crippen LogP contribution in [0.4, 0.5) is 0 Å². The average Bonchev–Trinajstić information content (AvgIpc) is 3.18. The molecule has 0 N–H and O–H groups in total. The second kappa shape index (κ2) is 14.6. The number of ether oxygens (including phenoxy) is 2. The van der Waals surface area contributed by atoms with E-state index in [9.17, 15) is 13.2 Å². The van der Waals surface area contributed by atoms with Gasteiger partial charge in [-0.05, 0) is 73.1 Å². The number of carbonyl (C=O) groups excluding carboxylic acids is 1. The molecule has 1 aliphatic heterocycles. The Morgan fingerprint density at radius 3 is 2.32 bits per heavy atom. The number of hydrogen-bond donors (Lipinski definition) is 0. The number of amides is 1. The molecule has 3 rings (SSSR count). The average molecular weight is 579 g/mol. The molecule has 0 radical (unpaired) electrons. The zero-order valence-electron chi connectivity index (χ0n) is 22.1. The van der Waals surface area contributed by atoms with Gasteiger partial charge in [0.05, 0.1) is 23.5 Å². The molecule has 0 saturated carbocycles. The third kappa shape index (κ3) is 8.25. The third-order valence-electron chi connectivity index (χ3n) is 6.00. The first kappa shape index (κ1) is 30.1. The van der Waals surface area contributed by atoms with Crippen molar-refractivity contribution in [2.75, 3.05) is 20.3 Å². The molecule has 1 saturated heterocycles. The zero-order chi connectivity index (χ0) is 27.5. The first-order valence-corrected chi connectivity index (χ1v) is 15.5. The fourth-order valence-corrected chi connectivity index (χ4v) is 6.27. The van der Waals surface area contributed by atoms with Crippen LogP contribution in [0.15, 0.2) is 56.7 Å². The molecule has 0 atom stereocenters. The zero-order valence-corrected chi connectivity index (χ0v) is 24.5. The minimum Gasteiger partial charge on any atom is -0.493 e. The van der Waals surface area contributed by atoms with Crippen molar-refractivity contribution in [1.82, 2.24) is 4.90 Å². The number of hydrogen-bond acceptors (Lipinski definition) is 6. The van der Waals surface area contributed by atoms with Crippen LogP contribution < -0.4 is 9.47 Å². The molecule has 38 heavy (non-hydrogen) atoms. The maximum Gasteiger partial charge on any atom is 0.284 e.